The lowest BCUT2D eigenvalue weighted by Crippen LogP contribution is -2.49. The maximum absolute atomic E-state index is 13.6. The normalized spacial score (nSPS) is 12.9. The number of carbonyl (C=O) groups is 2. The van der Waals surface area contributed by atoms with Crippen molar-refractivity contribution in [3.63, 3.8) is 0 Å². The fourth-order valence-corrected chi connectivity index (χ4v) is 1.82. The van der Waals surface area contributed by atoms with E-state index in [1.165, 1.54) is 12.1 Å². The highest BCUT2D eigenvalue weighted by molar-refractivity contribution is 6.33. The molecule has 1 rings (SSSR count). The third-order valence-corrected chi connectivity index (χ3v) is 2.89. The second-order valence-corrected chi connectivity index (χ2v) is 5.61. The summed E-state index contributed by atoms with van der Waals surface area (Å²) in [5.41, 5.74) is -1.06. The van der Waals surface area contributed by atoms with Gasteiger partial charge in [0, 0.05) is 0 Å². The van der Waals surface area contributed by atoms with Crippen LogP contribution in [0.3, 0.4) is 0 Å². The Morgan fingerprint density at radius 3 is 2.37 bits per heavy atom. The summed E-state index contributed by atoms with van der Waals surface area (Å²) in [6.45, 7) is 4.99. The molecule has 0 aromatic heterocycles. The monoisotopic (exact) mass is 287 g/mol. The van der Waals surface area contributed by atoms with Gasteiger partial charge in [0.1, 0.15) is 11.9 Å². The average Bonchev–Trinajstić information content (AvgIpc) is 2.23. The first-order valence-electron chi connectivity index (χ1n) is 5.62. The largest absolute Gasteiger partial charge is 0.480 e. The van der Waals surface area contributed by atoms with E-state index < -0.39 is 29.2 Å². The van der Waals surface area contributed by atoms with Crippen LogP contribution in [0.2, 0.25) is 5.02 Å². The van der Waals surface area contributed by atoms with Crippen molar-refractivity contribution in [3.8, 4) is 0 Å². The molecule has 104 valence electrons. The van der Waals surface area contributed by atoms with Crippen molar-refractivity contribution in [2.45, 2.75) is 26.8 Å². The van der Waals surface area contributed by atoms with Crippen molar-refractivity contribution in [2.75, 3.05) is 0 Å². The summed E-state index contributed by atoms with van der Waals surface area (Å²) >= 11 is 5.75. The molecule has 4 nitrogen and oxygen atoms in total. The van der Waals surface area contributed by atoms with E-state index in [2.05, 4.69) is 5.32 Å². The van der Waals surface area contributed by atoms with E-state index in [4.69, 9.17) is 16.7 Å². The minimum absolute atomic E-state index is 0.0597. The van der Waals surface area contributed by atoms with Crippen LogP contribution in [-0.2, 0) is 4.79 Å². The van der Waals surface area contributed by atoms with Gasteiger partial charge in [-0.2, -0.15) is 0 Å². The Balaban J connectivity index is 3.05. The van der Waals surface area contributed by atoms with Crippen molar-refractivity contribution in [2.24, 2.45) is 5.41 Å². The summed E-state index contributed by atoms with van der Waals surface area (Å²) in [5.74, 6) is -2.82. The zero-order valence-corrected chi connectivity index (χ0v) is 11.6. The van der Waals surface area contributed by atoms with E-state index in [1.807, 2.05) is 0 Å². The van der Waals surface area contributed by atoms with Gasteiger partial charge in [-0.05, 0) is 17.5 Å². The van der Waals surface area contributed by atoms with Crippen molar-refractivity contribution in [1.29, 1.82) is 0 Å². The molecule has 1 aromatic carbocycles. The van der Waals surface area contributed by atoms with Crippen LogP contribution in [0.25, 0.3) is 0 Å². The molecule has 0 aliphatic carbocycles. The Bertz CT molecular complexity index is 491. The number of amides is 1. The Labute approximate surface area is 115 Å². The maximum Gasteiger partial charge on any atom is 0.326 e. The first kappa shape index (κ1) is 15.4. The number of benzene rings is 1. The highest BCUT2D eigenvalue weighted by atomic mass is 35.5. The first-order chi connectivity index (χ1) is 8.64. The number of halogens is 2. The van der Waals surface area contributed by atoms with E-state index in [-0.39, 0.29) is 10.6 Å². The number of nitrogens with one attached hydrogen (secondary N) is 1. The lowest BCUT2D eigenvalue weighted by Gasteiger charge is -2.27. The third-order valence-electron chi connectivity index (χ3n) is 2.58. The van der Waals surface area contributed by atoms with Crippen LogP contribution in [0.4, 0.5) is 4.39 Å². The number of carbonyl (C=O) groups excluding carboxylic acids is 1. The van der Waals surface area contributed by atoms with Gasteiger partial charge >= 0.3 is 5.97 Å². The van der Waals surface area contributed by atoms with E-state index >= 15 is 0 Å². The van der Waals surface area contributed by atoms with Gasteiger partial charge in [0.25, 0.3) is 5.91 Å². The van der Waals surface area contributed by atoms with Gasteiger partial charge < -0.3 is 10.4 Å². The van der Waals surface area contributed by atoms with Crippen LogP contribution >= 0.6 is 11.6 Å². The van der Waals surface area contributed by atoms with Crippen LogP contribution in [0.5, 0.6) is 0 Å². The number of hydrogen-bond donors (Lipinski definition) is 2. The SMILES string of the molecule is CC(C)(C)[C@H](NC(=O)c1c(F)cccc1Cl)C(=O)O. The molecule has 1 aromatic rings. The number of aliphatic carboxylic acids is 1. The molecule has 0 spiro atoms. The minimum atomic E-state index is -1.19. The predicted molar refractivity (Wildman–Crippen MR) is 69.8 cm³/mol. The van der Waals surface area contributed by atoms with Crippen LogP contribution in [0.15, 0.2) is 18.2 Å². The van der Waals surface area contributed by atoms with Gasteiger partial charge in [0.2, 0.25) is 0 Å². The van der Waals surface area contributed by atoms with Gasteiger partial charge in [-0.25, -0.2) is 9.18 Å². The van der Waals surface area contributed by atoms with Crippen molar-refractivity contribution < 1.29 is 19.1 Å². The van der Waals surface area contributed by atoms with Crippen LogP contribution < -0.4 is 5.32 Å². The molecule has 0 aliphatic rings. The molecule has 6 heteroatoms. The molecule has 0 unspecified atom stereocenters. The van der Waals surface area contributed by atoms with E-state index in [1.54, 1.807) is 20.8 Å². The standard InChI is InChI=1S/C13H15ClFNO3/c1-13(2,3)10(12(18)19)16-11(17)9-7(14)5-4-6-8(9)15/h4-6,10H,1-3H3,(H,16,17)(H,18,19)/t10-/m1/s1. The minimum Gasteiger partial charge on any atom is -0.480 e. The van der Waals surface area contributed by atoms with Crippen LogP contribution in [0.1, 0.15) is 31.1 Å². The number of hydrogen-bond acceptors (Lipinski definition) is 2. The van der Waals surface area contributed by atoms with Gasteiger partial charge in [-0.3, -0.25) is 4.79 Å². The summed E-state index contributed by atoms with van der Waals surface area (Å²) < 4.78 is 13.6. The molecular formula is C13H15ClFNO3. The molecule has 0 fully saturated rings. The molecule has 1 atom stereocenters. The fourth-order valence-electron chi connectivity index (χ4n) is 1.57. The summed E-state index contributed by atoms with van der Waals surface area (Å²) in [6.07, 6.45) is 0. The molecule has 2 N–H and O–H groups in total. The third kappa shape index (κ3) is 3.67. The van der Waals surface area contributed by atoms with Crippen LogP contribution in [0, 0.1) is 11.2 Å². The quantitative estimate of drug-likeness (QED) is 0.898. The smallest absolute Gasteiger partial charge is 0.326 e. The fraction of sp³-hybridized carbons (Fsp3) is 0.385. The molecule has 0 aliphatic heterocycles. The second kappa shape index (κ2) is 5.57. The van der Waals surface area contributed by atoms with Crippen LogP contribution in [-0.4, -0.2) is 23.0 Å². The topological polar surface area (TPSA) is 66.4 Å². The lowest BCUT2D eigenvalue weighted by molar-refractivity contribution is -0.142. The molecular weight excluding hydrogens is 273 g/mol. The first-order valence-corrected chi connectivity index (χ1v) is 6.00. The average molecular weight is 288 g/mol. The molecule has 0 saturated carbocycles. The van der Waals surface area contributed by atoms with Gasteiger partial charge in [-0.1, -0.05) is 38.4 Å². The van der Waals surface area contributed by atoms with Gasteiger partial charge in [0.05, 0.1) is 10.6 Å². The number of carboxylic acid groups (broad SMARTS) is 1. The Kier molecular flexibility index (Phi) is 4.52. The molecule has 0 bridgehead atoms. The molecule has 1 amide bonds. The van der Waals surface area contributed by atoms with Gasteiger partial charge in [0.15, 0.2) is 0 Å². The molecule has 19 heavy (non-hydrogen) atoms. The second-order valence-electron chi connectivity index (χ2n) is 5.21. The highest BCUT2D eigenvalue weighted by Crippen LogP contribution is 2.22. The zero-order chi connectivity index (χ0) is 14.8. The van der Waals surface area contributed by atoms with Crippen molar-refractivity contribution in [1.82, 2.24) is 5.32 Å². The Hall–Kier alpha value is -1.62. The van der Waals surface area contributed by atoms with Gasteiger partial charge in [-0.15, -0.1) is 0 Å². The summed E-state index contributed by atoms with van der Waals surface area (Å²) in [6, 6.07) is 2.68. The maximum atomic E-state index is 13.6. The highest BCUT2D eigenvalue weighted by Gasteiger charge is 2.33. The molecule has 0 heterocycles. The Morgan fingerprint density at radius 1 is 1.37 bits per heavy atom. The summed E-state index contributed by atoms with van der Waals surface area (Å²) in [7, 11) is 0. The predicted octanol–water partition coefficient (Wildman–Crippen LogP) is 2.71. The molecule has 0 saturated heterocycles. The number of rotatable bonds is 3. The molecule has 0 radical (unpaired) electrons. The van der Waals surface area contributed by atoms with E-state index in [9.17, 15) is 14.0 Å². The summed E-state index contributed by atoms with van der Waals surface area (Å²) in [4.78, 5) is 23.1. The number of carboxylic acids is 1. The summed E-state index contributed by atoms with van der Waals surface area (Å²) in [5, 5.41) is 11.3. The van der Waals surface area contributed by atoms with Crippen molar-refractivity contribution in [3.05, 3.63) is 34.6 Å². The lowest BCUT2D eigenvalue weighted by atomic mass is 9.86. The van der Waals surface area contributed by atoms with E-state index in [0.29, 0.717) is 0 Å². The van der Waals surface area contributed by atoms with E-state index in [0.717, 1.165) is 6.07 Å². The Morgan fingerprint density at radius 2 is 1.95 bits per heavy atom. The zero-order valence-electron chi connectivity index (χ0n) is 10.8. The van der Waals surface area contributed by atoms with Crippen molar-refractivity contribution >= 4 is 23.5 Å².